The fraction of sp³-hybridized carbons (Fsp3) is 0.643. The Morgan fingerprint density at radius 2 is 2.37 bits per heavy atom. The summed E-state index contributed by atoms with van der Waals surface area (Å²) < 4.78 is 0. The maximum Gasteiger partial charge on any atom is 0.236 e. The average molecular weight is 282 g/mol. The summed E-state index contributed by atoms with van der Waals surface area (Å²) in [5.74, 6) is 0.312. The highest BCUT2D eigenvalue weighted by atomic mass is 32.1. The number of fused-ring (bicyclic) bond motifs is 1. The fourth-order valence-electron chi connectivity index (χ4n) is 2.18. The minimum absolute atomic E-state index is 0.143. The lowest BCUT2D eigenvalue weighted by atomic mass is 10.1. The molecule has 1 aromatic heterocycles. The predicted molar refractivity (Wildman–Crippen MR) is 77.2 cm³/mol. The first-order valence-electron chi connectivity index (χ1n) is 6.79. The van der Waals surface area contributed by atoms with Crippen LogP contribution in [-0.2, 0) is 17.8 Å². The monoisotopic (exact) mass is 282 g/mol. The van der Waals surface area contributed by atoms with Crippen LogP contribution in [0.4, 0.5) is 0 Å². The lowest BCUT2D eigenvalue weighted by molar-refractivity contribution is -0.131. The second kappa shape index (κ2) is 6.50. The van der Waals surface area contributed by atoms with Crippen LogP contribution in [-0.4, -0.2) is 41.7 Å². The molecule has 1 aliphatic rings. The van der Waals surface area contributed by atoms with Crippen molar-refractivity contribution in [1.29, 1.82) is 0 Å². The third-order valence-electron chi connectivity index (χ3n) is 3.88. The van der Waals surface area contributed by atoms with Crippen molar-refractivity contribution >= 4 is 17.2 Å². The minimum Gasteiger partial charge on any atom is -0.396 e. The van der Waals surface area contributed by atoms with Crippen molar-refractivity contribution < 1.29 is 9.90 Å². The van der Waals surface area contributed by atoms with Gasteiger partial charge in [-0.1, -0.05) is 6.92 Å². The molecule has 2 atom stereocenters. The molecule has 0 saturated heterocycles. The van der Waals surface area contributed by atoms with Gasteiger partial charge in [0.15, 0.2) is 0 Å². The zero-order valence-corrected chi connectivity index (χ0v) is 12.4. The van der Waals surface area contributed by atoms with E-state index in [4.69, 9.17) is 5.11 Å². The Kier molecular flexibility index (Phi) is 4.96. The van der Waals surface area contributed by atoms with Gasteiger partial charge in [-0.15, -0.1) is 11.3 Å². The largest absolute Gasteiger partial charge is 0.396 e. The molecule has 106 valence electrons. The van der Waals surface area contributed by atoms with Crippen molar-refractivity contribution in [2.45, 2.75) is 32.9 Å². The molecule has 1 aromatic rings. The molecule has 5 heteroatoms. The molecule has 2 unspecified atom stereocenters. The van der Waals surface area contributed by atoms with E-state index in [-0.39, 0.29) is 24.5 Å². The number of carbonyl (C=O) groups is 1. The number of aliphatic hydroxyl groups excluding tert-OH is 1. The first-order chi connectivity index (χ1) is 9.11. The van der Waals surface area contributed by atoms with Crippen molar-refractivity contribution in [3.05, 3.63) is 21.9 Å². The summed E-state index contributed by atoms with van der Waals surface area (Å²) in [5, 5.41) is 14.4. The number of carbonyl (C=O) groups excluding carboxylic acids is 1. The van der Waals surface area contributed by atoms with E-state index in [1.165, 1.54) is 10.4 Å². The molecular weight excluding hydrogens is 260 g/mol. The van der Waals surface area contributed by atoms with Crippen molar-refractivity contribution in [1.82, 2.24) is 10.2 Å². The zero-order chi connectivity index (χ0) is 13.8. The van der Waals surface area contributed by atoms with E-state index >= 15 is 0 Å². The van der Waals surface area contributed by atoms with Gasteiger partial charge in [0, 0.05) is 30.6 Å². The lowest BCUT2D eigenvalue weighted by Crippen LogP contribution is -2.44. The number of hydrogen-bond donors (Lipinski definition) is 2. The quantitative estimate of drug-likeness (QED) is 0.854. The second-order valence-corrected chi connectivity index (χ2v) is 6.26. The van der Waals surface area contributed by atoms with Gasteiger partial charge >= 0.3 is 0 Å². The van der Waals surface area contributed by atoms with Crippen molar-refractivity contribution in [3.8, 4) is 0 Å². The molecule has 0 aromatic carbocycles. The molecule has 2 heterocycles. The number of amides is 1. The van der Waals surface area contributed by atoms with Crippen LogP contribution in [0.2, 0.25) is 0 Å². The smallest absolute Gasteiger partial charge is 0.236 e. The number of rotatable bonds is 5. The van der Waals surface area contributed by atoms with Gasteiger partial charge in [-0.05, 0) is 36.3 Å². The molecule has 0 spiro atoms. The molecule has 0 saturated carbocycles. The molecular formula is C14H22N2O2S. The molecule has 0 bridgehead atoms. The molecule has 2 N–H and O–H groups in total. The molecule has 0 aliphatic carbocycles. The average Bonchev–Trinajstić information content (AvgIpc) is 2.90. The predicted octanol–water partition coefficient (Wildman–Crippen LogP) is 1.24. The summed E-state index contributed by atoms with van der Waals surface area (Å²) in [6, 6.07) is 2.26. The van der Waals surface area contributed by atoms with Crippen LogP contribution in [0.1, 0.15) is 24.3 Å². The first kappa shape index (κ1) is 14.5. The highest BCUT2D eigenvalue weighted by molar-refractivity contribution is 7.10. The highest BCUT2D eigenvalue weighted by Gasteiger charge is 2.22. The van der Waals surface area contributed by atoms with Crippen molar-refractivity contribution in [3.63, 3.8) is 0 Å². The molecule has 0 radical (unpaired) electrons. The summed E-state index contributed by atoms with van der Waals surface area (Å²) in [6.45, 7) is 6.03. The van der Waals surface area contributed by atoms with E-state index < -0.39 is 0 Å². The Balaban J connectivity index is 1.82. The van der Waals surface area contributed by atoms with E-state index in [1.54, 1.807) is 11.3 Å². The van der Waals surface area contributed by atoms with Crippen LogP contribution < -0.4 is 5.32 Å². The standard InChI is InChI=1S/C14H22N2O2S/c1-10(9-17)11(2)15-7-14(18)16-5-3-13-12(8-16)4-6-19-13/h4,6,10-11,15,17H,3,5,7-9H2,1-2H3. The van der Waals surface area contributed by atoms with Crippen LogP contribution in [0.5, 0.6) is 0 Å². The lowest BCUT2D eigenvalue weighted by Gasteiger charge is -2.28. The Labute approximate surface area is 118 Å². The van der Waals surface area contributed by atoms with Gasteiger partial charge in [-0.25, -0.2) is 0 Å². The van der Waals surface area contributed by atoms with Gasteiger partial charge in [0.05, 0.1) is 6.54 Å². The van der Waals surface area contributed by atoms with E-state index in [0.29, 0.717) is 6.54 Å². The molecule has 0 fully saturated rings. The molecule has 19 heavy (non-hydrogen) atoms. The zero-order valence-electron chi connectivity index (χ0n) is 11.6. The third-order valence-corrected chi connectivity index (χ3v) is 4.90. The van der Waals surface area contributed by atoms with Gasteiger partial charge in [0.2, 0.25) is 5.91 Å². The van der Waals surface area contributed by atoms with E-state index in [1.807, 2.05) is 18.7 Å². The number of aliphatic hydroxyl groups is 1. The fourth-order valence-corrected chi connectivity index (χ4v) is 3.07. The normalized spacial score (nSPS) is 17.9. The van der Waals surface area contributed by atoms with Crippen molar-refractivity contribution in [2.24, 2.45) is 5.92 Å². The summed E-state index contributed by atoms with van der Waals surface area (Å²) in [6.07, 6.45) is 0.974. The second-order valence-electron chi connectivity index (χ2n) is 5.26. The van der Waals surface area contributed by atoms with Crippen molar-refractivity contribution in [2.75, 3.05) is 19.7 Å². The summed E-state index contributed by atoms with van der Waals surface area (Å²) in [5.41, 5.74) is 1.29. The van der Waals surface area contributed by atoms with Gasteiger partial charge < -0.3 is 15.3 Å². The van der Waals surface area contributed by atoms with E-state index in [0.717, 1.165) is 19.5 Å². The molecule has 4 nitrogen and oxygen atoms in total. The van der Waals surface area contributed by atoms with Crippen LogP contribution >= 0.6 is 11.3 Å². The molecule has 2 rings (SSSR count). The van der Waals surface area contributed by atoms with Gasteiger partial charge in [-0.3, -0.25) is 4.79 Å². The Morgan fingerprint density at radius 1 is 1.58 bits per heavy atom. The molecule has 1 aliphatic heterocycles. The van der Waals surface area contributed by atoms with Gasteiger partial charge in [-0.2, -0.15) is 0 Å². The third kappa shape index (κ3) is 3.55. The topological polar surface area (TPSA) is 52.6 Å². The van der Waals surface area contributed by atoms with E-state index in [2.05, 4.69) is 16.8 Å². The number of thiophene rings is 1. The van der Waals surface area contributed by atoms with Crippen LogP contribution in [0, 0.1) is 5.92 Å². The van der Waals surface area contributed by atoms with Crippen LogP contribution in [0.25, 0.3) is 0 Å². The SMILES string of the molecule is CC(CO)C(C)NCC(=O)N1CCc2sccc2C1. The maximum absolute atomic E-state index is 12.1. The minimum atomic E-state index is 0.143. The highest BCUT2D eigenvalue weighted by Crippen LogP contribution is 2.23. The number of nitrogens with one attached hydrogen (secondary N) is 1. The first-order valence-corrected chi connectivity index (χ1v) is 7.67. The Hall–Kier alpha value is -0.910. The Morgan fingerprint density at radius 3 is 3.11 bits per heavy atom. The summed E-state index contributed by atoms with van der Waals surface area (Å²) >= 11 is 1.78. The number of nitrogens with zero attached hydrogens (tertiary/aromatic N) is 1. The van der Waals surface area contributed by atoms with Gasteiger partial charge in [0.1, 0.15) is 0 Å². The van der Waals surface area contributed by atoms with E-state index in [9.17, 15) is 4.79 Å². The number of hydrogen-bond acceptors (Lipinski definition) is 4. The summed E-state index contributed by atoms with van der Waals surface area (Å²) in [7, 11) is 0. The van der Waals surface area contributed by atoms with Crippen LogP contribution in [0.15, 0.2) is 11.4 Å². The van der Waals surface area contributed by atoms with Gasteiger partial charge in [0.25, 0.3) is 0 Å². The molecule has 1 amide bonds. The maximum atomic E-state index is 12.1. The Bertz CT molecular complexity index is 433. The summed E-state index contributed by atoms with van der Waals surface area (Å²) in [4.78, 5) is 15.5. The van der Waals surface area contributed by atoms with Crippen LogP contribution in [0.3, 0.4) is 0 Å².